The van der Waals surface area contributed by atoms with Gasteiger partial charge in [-0.3, -0.25) is 19.4 Å². The molecule has 4 aromatic rings. The second kappa shape index (κ2) is 16.7. The van der Waals surface area contributed by atoms with Gasteiger partial charge in [-0.05, 0) is 79.4 Å². The van der Waals surface area contributed by atoms with Crippen molar-refractivity contribution in [3.63, 3.8) is 0 Å². The first kappa shape index (κ1) is 35.0. The Morgan fingerprint density at radius 3 is 2.15 bits per heavy atom. The largest absolute Gasteiger partial charge is 0.354 e. The van der Waals surface area contributed by atoms with E-state index in [4.69, 9.17) is 0 Å². The number of likely N-dealkylation sites (N-methyl/N-ethyl adjacent to an activating group) is 2. The summed E-state index contributed by atoms with van der Waals surface area (Å²) in [6.45, 7) is 4.53. The lowest BCUT2D eigenvalue weighted by Gasteiger charge is -2.34. The van der Waals surface area contributed by atoms with Gasteiger partial charge in [0.1, 0.15) is 12.1 Å². The van der Waals surface area contributed by atoms with Gasteiger partial charge in [-0.2, -0.15) is 0 Å². The SMILES string of the molecule is CNC(C)(C)C/C=C/C(=O)N(C)[C@H](Cc1ccc2ccccc2c1)C(=O)N(C)[C@H](Cc1ccccc1)C(=O)NCCc1ccncc1. The first-order valence-corrected chi connectivity index (χ1v) is 16.1. The quantitative estimate of drug-likeness (QED) is 0.180. The van der Waals surface area contributed by atoms with E-state index >= 15 is 0 Å². The molecule has 2 atom stereocenters. The number of nitrogens with zero attached hydrogens (tertiary/aromatic N) is 3. The van der Waals surface area contributed by atoms with E-state index in [1.165, 1.54) is 15.9 Å². The molecule has 0 spiro atoms. The molecule has 1 aromatic heterocycles. The summed E-state index contributed by atoms with van der Waals surface area (Å²) in [7, 11) is 5.21. The maximum atomic E-state index is 14.5. The molecule has 0 saturated heterocycles. The topological polar surface area (TPSA) is 94.6 Å². The zero-order valence-electron chi connectivity index (χ0n) is 28.1. The molecule has 8 nitrogen and oxygen atoms in total. The maximum absolute atomic E-state index is 14.5. The van der Waals surface area contributed by atoms with E-state index in [1.807, 2.05) is 92.0 Å². The first-order chi connectivity index (χ1) is 22.6. The highest BCUT2D eigenvalue weighted by Gasteiger charge is 2.34. The number of amides is 3. The molecule has 3 aromatic carbocycles. The summed E-state index contributed by atoms with van der Waals surface area (Å²) in [5, 5.41) is 8.44. The lowest BCUT2D eigenvalue weighted by Crippen LogP contribution is -2.56. The summed E-state index contributed by atoms with van der Waals surface area (Å²) >= 11 is 0. The number of hydrogen-bond acceptors (Lipinski definition) is 5. The van der Waals surface area contributed by atoms with Crippen LogP contribution in [0.5, 0.6) is 0 Å². The van der Waals surface area contributed by atoms with E-state index in [0.717, 1.165) is 27.5 Å². The van der Waals surface area contributed by atoms with Crippen LogP contribution in [0.1, 0.15) is 37.0 Å². The van der Waals surface area contributed by atoms with Crippen LogP contribution < -0.4 is 10.6 Å². The van der Waals surface area contributed by atoms with Gasteiger partial charge >= 0.3 is 0 Å². The smallest absolute Gasteiger partial charge is 0.246 e. The van der Waals surface area contributed by atoms with Gasteiger partial charge in [0, 0.05) is 51.4 Å². The van der Waals surface area contributed by atoms with E-state index in [9.17, 15) is 14.4 Å². The molecule has 3 amide bonds. The van der Waals surface area contributed by atoms with Crippen molar-refractivity contribution in [2.75, 3.05) is 27.7 Å². The fourth-order valence-electron chi connectivity index (χ4n) is 5.44. The normalized spacial score (nSPS) is 12.9. The van der Waals surface area contributed by atoms with Gasteiger partial charge in [0.2, 0.25) is 17.7 Å². The Labute approximate surface area is 278 Å². The van der Waals surface area contributed by atoms with Crippen LogP contribution in [0.2, 0.25) is 0 Å². The minimum atomic E-state index is -0.835. The van der Waals surface area contributed by atoms with Gasteiger partial charge in [0.15, 0.2) is 0 Å². The highest BCUT2D eigenvalue weighted by atomic mass is 16.2. The minimum absolute atomic E-state index is 0.175. The predicted molar refractivity (Wildman–Crippen MR) is 189 cm³/mol. The van der Waals surface area contributed by atoms with Gasteiger partial charge in [-0.25, -0.2) is 0 Å². The Hall–Kier alpha value is -4.82. The van der Waals surface area contributed by atoms with Gasteiger partial charge in [0.05, 0.1) is 0 Å². The molecule has 0 unspecified atom stereocenters. The summed E-state index contributed by atoms with van der Waals surface area (Å²) in [5.74, 6) is -0.819. The fourth-order valence-corrected chi connectivity index (χ4v) is 5.44. The van der Waals surface area contributed by atoms with Crippen molar-refractivity contribution < 1.29 is 14.4 Å². The van der Waals surface area contributed by atoms with Gasteiger partial charge < -0.3 is 20.4 Å². The maximum Gasteiger partial charge on any atom is 0.246 e. The third-order valence-corrected chi connectivity index (χ3v) is 8.76. The van der Waals surface area contributed by atoms with Crippen LogP contribution in [0.25, 0.3) is 10.8 Å². The molecular formula is C39H47N5O3. The standard InChI is InChI=1S/C39H47N5O3/c1-39(2,40-3)22-11-16-36(45)43(4)35(28-31-17-18-32-14-9-10-15-33(32)26-31)38(47)44(5)34(27-30-12-7-6-8-13-30)37(46)42-25-21-29-19-23-41-24-20-29/h6-20,23-24,26,34-35,40H,21-22,25,27-28H2,1-5H3,(H,42,46)/b16-11+/t34-,35-/m1/s1. The lowest BCUT2D eigenvalue weighted by atomic mass is 9.98. The molecule has 0 aliphatic rings. The number of carbonyl (C=O) groups is 3. The van der Waals surface area contributed by atoms with Gasteiger partial charge in [-0.15, -0.1) is 0 Å². The van der Waals surface area contributed by atoms with Crippen LogP contribution in [0, 0.1) is 0 Å². The summed E-state index contributed by atoms with van der Waals surface area (Å²) < 4.78 is 0. The highest BCUT2D eigenvalue weighted by Crippen LogP contribution is 2.20. The van der Waals surface area contributed by atoms with Crippen LogP contribution in [0.4, 0.5) is 0 Å². The highest BCUT2D eigenvalue weighted by molar-refractivity contribution is 5.95. The molecule has 8 heteroatoms. The van der Waals surface area contributed by atoms with E-state index in [0.29, 0.717) is 32.2 Å². The van der Waals surface area contributed by atoms with Gasteiger partial charge in [-0.1, -0.05) is 78.9 Å². The molecule has 4 rings (SSSR count). The van der Waals surface area contributed by atoms with E-state index in [1.54, 1.807) is 26.5 Å². The molecule has 0 fully saturated rings. The average molecular weight is 634 g/mol. The molecule has 0 aliphatic heterocycles. The number of hydrogen-bond donors (Lipinski definition) is 2. The molecule has 0 radical (unpaired) electrons. The Bertz CT molecular complexity index is 1660. The third kappa shape index (κ3) is 10.1. The molecule has 246 valence electrons. The Kier molecular flexibility index (Phi) is 12.4. The Morgan fingerprint density at radius 2 is 1.45 bits per heavy atom. The molecule has 0 saturated carbocycles. The zero-order chi connectivity index (χ0) is 33.8. The van der Waals surface area contributed by atoms with Crippen LogP contribution in [0.3, 0.4) is 0 Å². The predicted octanol–water partition coefficient (Wildman–Crippen LogP) is 4.98. The third-order valence-electron chi connectivity index (χ3n) is 8.76. The first-order valence-electron chi connectivity index (χ1n) is 16.1. The second-order valence-electron chi connectivity index (χ2n) is 12.6. The van der Waals surface area contributed by atoms with Crippen molar-refractivity contribution in [1.82, 2.24) is 25.4 Å². The van der Waals surface area contributed by atoms with Crippen LogP contribution in [0.15, 0.2) is 109 Å². The Balaban J connectivity index is 1.61. The number of nitrogens with one attached hydrogen (secondary N) is 2. The molecule has 2 N–H and O–H groups in total. The number of fused-ring (bicyclic) bond motifs is 1. The van der Waals surface area contributed by atoms with Crippen molar-refractivity contribution >= 4 is 28.5 Å². The van der Waals surface area contributed by atoms with Crippen molar-refractivity contribution in [3.05, 3.63) is 126 Å². The Morgan fingerprint density at radius 1 is 0.787 bits per heavy atom. The number of pyridine rings is 1. The molecular weight excluding hydrogens is 586 g/mol. The van der Waals surface area contributed by atoms with Gasteiger partial charge in [0.25, 0.3) is 0 Å². The lowest BCUT2D eigenvalue weighted by molar-refractivity contribution is -0.146. The average Bonchev–Trinajstić information content (AvgIpc) is 3.09. The van der Waals surface area contributed by atoms with Crippen LogP contribution >= 0.6 is 0 Å². The summed E-state index contributed by atoms with van der Waals surface area (Å²) in [6, 6.07) is 26.1. The van der Waals surface area contributed by atoms with Crippen molar-refractivity contribution in [2.45, 2.75) is 57.2 Å². The monoisotopic (exact) mass is 633 g/mol. The van der Waals surface area contributed by atoms with Crippen molar-refractivity contribution in [2.24, 2.45) is 0 Å². The number of carbonyl (C=O) groups excluding carboxylic acids is 3. The number of aromatic nitrogens is 1. The number of benzene rings is 3. The molecule has 0 aliphatic carbocycles. The minimum Gasteiger partial charge on any atom is -0.354 e. The fraction of sp³-hybridized carbons (Fsp3) is 0.333. The van der Waals surface area contributed by atoms with Crippen LogP contribution in [-0.2, 0) is 33.6 Å². The molecule has 47 heavy (non-hydrogen) atoms. The summed E-state index contributed by atoms with van der Waals surface area (Å²) in [6.07, 6.45) is 8.75. The second-order valence-corrected chi connectivity index (χ2v) is 12.6. The molecule has 1 heterocycles. The van der Waals surface area contributed by atoms with E-state index in [2.05, 4.69) is 35.5 Å². The molecule has 0 bridgehead atoms. The van der Waals surface area contributed by atoms with Crippen molar-refractivity contribution in [1.29, 1.82) is 0 Å². The summed E-state index contributed by atoms with van der Waals surface area (Å²) in [5.41, 5.74) is 2.75. The van der Waals surface area contributed by atoms with E-state index in [-0.39, 0.29) is 23.3 Å². The summed E-state index contributed by atoms with van der Waals surface area (Å²) in [4.78, 5) is 48.8. The zero-order valence-corrected chi connectivity index (χ0v) is 28.1. The van der Waals surface area contributed by atoms with E-state index < -0.39 is 12.1 Å². The number of rotatable bonds is 15. The van der Waals surface area contributed by atoms with Crippen molar-refractivity contribution in [3.8, 4) is 0 Å². The van der Waals surface area contributed by atoms with Crippen LogP contribution in [-0.4, -0.2) is 77.8 Å².